The molecule has 0 aromatic heterocycles. The third kappa shape index (κ3) is 5.92. The van der Waals surface area contributed by atoms with Crippen LogP contribution < -0.4 is 10.5 Å². The summed E-state index contributed by atoms with van der Waals surface area (Å²) in [6.45, 7) is 3.67. The summed E-state index contributed by atoms with van der Waals surface area (Å²) in [5.74, 6) is 0.969. The number of hydrogen-bond acceptors (Lipinski definition) is 3. The highest BCUT2D eigenvalue weighted by Gasteiger charge is 2.12. The molecule has 9 heteroatoms. The monoisotopic (exact) mass is 523 g/mol. The zero-order chi connectivity index (χ0) is 15.2. The summed E-state index contributed by atoms with van der Waals surface area (Å²) in [6.07, 6.45) is 0. The number of guanidine groups is 1. The van der Waals surface area contributed by atoms with Gasteiger partial charge in [0.25, 0.3) is 0 Å². The second-order valence-electron chi connectivity index (χ2n) is 4.39. The van der Waals surface area contributed by atoms with Crippen LogP contribution in [0.1, 0.15) is 0 Å². The van der Waals surface area contributed by atoms with Crippen molar-refractivity contribution in [1.29, 1.82) is 0 Å². The Morgan fingerprint density at radius 3 is 2.50 bits per heavy atom. The van der Waals surface area contributed by atoms with Crippen LogP contribution in [-0.4, -0.2) is 50.3 Å². The van der Waals surface area contributed by atoms with Gasteiger partial charge in [-0.05, 0) is 12.1 Å². The number of aliphatic imine (C=N–C) groups is 1. The highest BCUT2D eigenvalue weighted by atomic mass is 127. The van der Waals surface area contributed by atoms with Gasteiger partial charge < -0.3 is 20.1 Å². The van der Waals surface area contributed by atoms with Crippen LogP contribution >= 0.6 is 63.1 Å². The van der Waals surface area contributed by atoms with Gasteiger partial charge in [-0.25, -0.2) is 4.99 Å². The standard InChI is InChI=1S/C13H16BrCl2N3O2.HI/c14-9-7-10(15)12(11(16)8-9)21-4-1-18-13(17)19-2-5-20-6-3-19;/h7-8H,1-6H2,(H2,17,18);1H. The van der Waals surface area contributed by atoms with Crippen LogP contribution in [0.25, 0.3) is 0 Å². The highest BCUT2D eigenvalue weighted by Crippen LogP contribution is 2.35. The molecule has 0 atom stereocenters. The Morgan fingerprint density at radius 1 is 1.32 bits per heavy atom. The van der Waals surface area contributed by atoms with Crippen LogP contribution in [0.15, 0.2) is 21.6 Å². The fourth-order valence-corrected chi connectivity index (χ4v) is 3.18. The zero-order valence-electron chi connectivity index (χ0n) is 11.7. The van der Waals surface area contributed by atoms with E-state index in [1.807, 2.05) is 4.90 Å². The van der Waals surface area contributed by atoms with Crippen LogP contribution in [0.5, 0.6) is 5.75 Å². The van der Waals surface area contributed by atoms with Crippen molar-refractivity contribution in [2.75, 3.05) is 39.5 Å². The first-order valence-corrected chi connectivity index (χ1v) is 8.03. The Labute approximate surface area is 165 Å². The average Bonchev–Trinajstić information content (AvgIpc) is 2.46. The van der Waals surface area contributed by atoms with Crippen molar-refractivity contribution in [3.63, 3.8) is 0 Å². The Bertz CT molecular complexity index is 505. The molecule has 1 aliphatic rings. The Balaban J connectivity index is 0.00000242. The number of ether oxygens (including phenoxy) is 2. The van der Waals surface area contributed by atoms with Crippen molar-refractivity contribution in [3.8, 4) is 5.75 Å². The molecule has 1 aromatic carbocycles. The predicted octanol–water partition coefficient (Wildman–Crippen LogP) is 3.40. The van der Waals surface area contributed by atoms with Crippen LogP contribution in [0.3, 0.4) is 0 Å². The second-order valence-corrected chi connectivity index (χ2v) is 6.12. The summed E-state index contributed by atoms with van der Waals surface area (Å²) < 4.78 is 11.6. The molecule has 2 rings (SSSR count). The summed E-state index contributed by atoms with van der Waals surface area (Å²) in [4.78, 5) is 6.27. The second kappa shape index (κ2) is 10.0. The first kappa shape index (κ1) is 20.1. The summed E-state index contributed by atoms with van der Waals surface area (Å²) >= 11 is 15.5. The molecule has 1 fully saturated rings. The first-order valence-electron chi connectivity index (χ1n) is 6.48. The number of halogens is 4. The van der Waals surface area contributed by atoms with Crippen LogP contribution in [0.4, 0.5) is 0 Å². The maximum Gasteiger partial charge on any atom is 0.191 e. The lowest BCUT2D eigenvalue weighted by atomic mass is 10.3. The summed E-state index contributed by atoms with van der Waals surface area (Å²) in [6, 6.07) is 3.46. The van der Waals surface area contributed by atoms with E-state index in [4.69, 9.17) is 38.4 Å². The van der Waals surface area contributed by atoms with Gasteiger partial charge in [0.15, 0.2) is 11.7 Å². The molecule has 1 aromatic rings. The van der Waals surface area contributed by atoms with Gasteiger partial charge in [0, 0.05) is 17.6 Å². The average molecular weight is 525 g/mol. The van der Waals surface area contributed by atoms with Gasteiger partial charge in [0.2, 0.25) is 0 Å². The number of rotatable bonds is 4. The maximum atomic E-state index is 6.08. The van der Waals surface area contributed by atoms with E-state index in [9.17, 15) is 0 Å². The Hall–Kier alpha value is 0.0400. The molecule has 22 heavy (non-hydrogen) atoms. The van der Waals surface area contributed by atoms with Gasteiger partial charge in [-0.2, -0.15) is 0 Å². The third-order valence-electron chi connectivity index (χ3n) is 2.91. The molecule has 0 bridgehead atoms. The highest BCUT2D eigenvalue weighted by molar-refractivity contribution is 14.0. The lowest BCUT2D eigenvalue weighted by molar-refractivity contribution is 0.0674. The van der Waals surface area contributed by atoms with E-state index in [1.54, 1.807) is 12.1 Å². The lowest BCUT2D eigenvalue weighted by Crippen LogP contribution is -2.45. The van der Waals surface area contributed by atoms with E-state index in [-0.39, 0.29) is 24.0 Å². The molecular weight excluding hydrogens is 508 g/mol. The number of morpholine rings is 1. The summed E-state index contributed by atoms with van der Waals surface area (Å²) in [7, 11) is 0. The van der Waals surface area contributed by atoms with E-state index in [0.717, 1.165) is 17.6 Å². The van der Waals surface area contributed by atoms with E-state index in [2.05, 4.69) is 20.9 Å². The number of benzene rings is 1. The minimum atomic E-state index is 0. The summed E-state index contributed by atoms with van der Waals surface area (Å²) in [5, 5.41) is 0.916. The molecule has 0 aliphatic carbocycles. The SMILES string of the molecule is I.NC(=NCCOc1c(Cl)cc(Br)cc1Cl)N1CCOCC1. The third-order valence-corrected chi connectivity index (χ3v) is 3.93. The number of nitrogens with zero attached hydrogens (tertiary/aromatic N) is 2. The van der Waals surface area contributed by atoms with Gasteiger partial charge in [0.1, 0.15) is 6.61 Å². The molecule has 0 radical (unpaired) electrons. The normalized spacial score (nSPS) is 15.4. The molecule has 2 N–H and O–H groups in total. The summed E-state index contributed by atoms with van der Waals surface area (Å²) in [5.41, 5.74) is 5.91. The van der Waals surface area contributed by atoms with Crippen LogP contribution in [-0.2, 0) is 4.74 Å². The fourth-order valence-electron chi connectivity index (χ4n) is 1.87. The topological polar surface area (TPSA) is 60.1 Å². The quantitative estimate of drug-likeness (QED) is 0.284. The molecule has 1 saturated heterocycles. The predicted molar refractivity (Wildman–Crippen MR) is 104 cm³/mol. The van der Waals surface area contributed by atoms with Crippen molar-refractivity contribution in [3.05, 3.63) is 26.7 Å². The van der Waals surface area contributed by atoms with Gasteiger partial charge >= 0.3 is 0 Å². The van der Waals surface area contributed by atoms with Gasteiger partial charge in [-0.1, -0.05) is 39.1 Å². The zero-order valence-corrected chi connectivity index (χ0v) is 17.2. The van der Waals surface area contributed by atoms with Crippen molar-refractivity contribution >= 4 is 69.1 Å². The smallest absolute Gasteiger partial charge is 0.191 e. The molecular formula is C13H17BrCl2IN3O2. The first-order chi connectivity index (χ1) is 10.1. The maximum absolute atomic E-state index is 6.08. The van der Waals surface area contributed by atoms with Gasteiger partial charge in [-0.3, -0.25) is 0 Å². The molecule has 0 amide bonds. The minimum absolute atomic E-state index is 0. The molecule has 0 spiro atoms. The van der Waals surface area contributed by atoms with Gasteiger partial charge in [0.05, 0.1) is 29.8 Å². The molecule has 1 heterocycles. The van der Waals surface area contributed by atoms with E-state index in [0.29, 0.717) is 48.1 Å². The fraction of sp³-hybridized carbons (Fsp3) is 0.462. The lowest BCUT2D eigenvalue weighted by Gasteiger charge is -2.27. The van der Waals surface area contributed by atoms with Crippen molar-refractivity contribution < 1.29 is 9.47 Å². The number of nitrogens with two attached hydrogens (primary N) is 1. The van der Waals surface area contributed by atoms with Gasteiger partial charge in [-0.15, -0.1) is 24.0 Å². The van der Waals surface area contributed by atoms with E-state index >= 15 is 0 Å². The Morgan fingerprint density at radius 2 is 1.91 bits per heavy atom. The number of hydrogen-bond donors (Lipinski definition) is 1. The van der Waals surface area contributed by atoms with Crippen LogP contribution in [0, 0.1) is 0 Å². The molecule has 5 nitrogen and oxygen atoms in total. The molecule has 0 unspecified atom stereocenters. The minimum Gasteiger partial charge on any atom is -0.489 e. The van der Waals surface area contributed by atoms with Crippen LogP contribution in [0.2, 0.25) is 10.0 Å². The molecule has 124 valence electrons. The largest absolute Gasteiger partial charge is 0.489 e. The van der Waals surface area contributed by atoms with E-state index in [1.165, 1.54) is 0 Å². The van der Waals surface area contributed by atoms with Crippen molar-refractivity contribution in [2.24, 2.45) is 10.7 Å². The van der Waals surface area contributed by atoms with Crippen molar-refractivity contribution in [2.45, 2.75) is 0 Å². The van der Waals surface area contributed by atoms with Crippen molar-refractivity contribution in [1.82, 2.24) is 4.90 Å². The van der Waals surface area contributed by atoms with E-state index < -0.39 is 0 Å². The Kier molecular flexibility index (Phi) is 9.15. The molecule has 1 aliphatic heterocycles. The molecule has 0 saturated carbocycles.